The molecule has 0 radical (unpaired) electrons. The highest BCUT2D eigenvalue weighted by Crippen LogP contribution is 2.30. The Morgan fingerprint density at radius 3 is 2.56 bits per heavy atom. The quantitative estimate of drug-likeness (QED) is 0.844. The maximum atomic E-state index is 13.2. The maximum Gasteiger partial charge on any atom is 0.123 e. The molecule has 2 rings (SSSR count). The van der Waals surface area contributed by atoms with Crippen LogP contribution in [-0.4, -0.2) is 29.4 Å². The van der Waals surface area contributed by atoms with Gasteiger partial charge in [-0.1, -0.05) is 12.8 Å². The lowest BCUT2D eigenvalue weighted by Crippen LogP contribution is -2.36. The van der Waals surface area contributed by atoms with Gasteiger partial charge in [-0.3, -0.25) is 0 Å². The highest BCUT2D eigenvalue weighted by atomic mass is 19.1. The van der Waals surface area contributed by atoms with E-state index in [-0.39, 0.29) is 19.0 Å². The van der Waals surface area contributed by atoms with Gasteiger partial charge in [0, 0.05) is 23.8 Å². The summed E-state index contributed by atoms with van der Waals surface area (Å²) in [4.78, 5) is 2.11. The molecule has 0 amide bonds. The molecule has 4 heteroatoms. The third kappa shape index (κ3) is 2.82. The summed E-state index contributed by atoms with van der Waals surface area (Å²) in [6.07, 6.45) is 4.59. The zero-order valence-electron chi connectivity index (χ0n) is 10.5. The summed E-state index contributed by atoms with van der Waals surface area (Å²) in [5.74, 6) is -0.335. The van der Waals surface area contributed by atoms with Crippen molar-refractivity contribution in [2.45, 2.75) is 38.3 Å². The number of anilines is 1. The third-order valence-corrected chi connectivity index (χ3v) is 3.63. The second-order valence-electron chi connectivity index (χ2n) is 4.79. The number of nitrogens with zero attached hydrogens (tertiary/aromatic N) is 1. The molecule has 1 aliphatic carbocycles. The van der Waals surface area contributed by atoms with E-state index in [9.17, 15) is 14.6 Å². The highest BCUT2D eigenvalue weighted by Gasteiger charge is 2.24. The van der Waals surface area contributed by atoms with Gasteiger partial charge in [-0.2, -0.15) is 0 Å². The Hall–Kier alpha value is -1.13. The highest BCUT2D eigenvalue weighted by molar-refractivity contribution is 5.54. The number of benzene rings is 1. The van der Waals surface area contributed by atoms with Crippen molar-refractivity contribution in [2.75, 3.05) is 18.1 Å². The molecule has 3 nitrogen and oxygen atoms in total. The van der Waals surface area contributed by atoms with E-state index in [4.69, 9.17) is 0 Å². The van der Waals surface area contributed by atoms with Crippen LogP contribution < -0.4 is 4.90 Å². The van der Waals surface area contributed by atoms with E-state index in [0.29, 0.717) is 18.2 Å². The monoisotopic (exact) mass is 253 g/mol. The molecule has 0 bridgehead atoms. The van der Waals surface area contributed by atoms with Crippen molar-refractivity contribution < 1.29 is 14.6 Å². The molecule has 0 spiro atoms. The molecule has 1 fully saturated rings. The van der Waals surface area contributed by atoms with E-state index in [1.165, 1.54) is 25.0 Å². The van der Waals surface area contributed by atoms with Crippen molar-refractivity contribution >= 4 is 5.69 Å². The molecule has 0 saturated heterocycles. The maximum absolute atomic E-state index is 13.2. The Kier molecular flexibility index (Phi) is 4.55. The minimum absolute atomic E-state index is 0.0682. The molecule has 0 atom stereocenters. The second-order valence-corrected chi connectivity index (χ2v) is 4.79. The summed E-state index contributed by atoms with van der Waals surface area (Å²) in [7, 11) is 0. The van der Waals surface area contributed by atoms with Crippen LogP contribution in [0.4, 0.5) is 10.1 Å². The zero-order valence-corrected chi connectivity index (χ0v) is 10.5. The lowest BCUT2D eigenvalue weighted by Gasteiger charge is -2.32. The first-order valence-corrected chi connectivity index (χ1v) is 6.53. The van der Waals surface area contributed by atoms with Gasteiger partial charge in [-0.25, -0.2) is 4.39 Å². The standard InChI is InChI=1S/C14H20FNO2/c15-12-5-6-14(11(9-12)10-18)16(7-8-17)13-3-1-2-4-13/h5-6,9,13,17-18H,1-4,7-8,10H2. The molecule has 1 saturated carbocycles. The van der Waals surface area contributed by atoms with Crippen LogP contribution in [0.2, 0.25) is 0 Å². The van der Waals surface area contributed by atoms with Gasteiger partial charge >= 0.3 is 0 Å². The van der Waals surface area contributed by atoms with Gasteiger partial charge in [0.1, 0.15) is 5.82 Å². The molecule has 2 N–H and O–H groups in total. The van der Waals surface area contributed by atoms with Gasteiger partial charge < -0.3 is 15.1 Å². The summed E-state index contributed by atoms with van der Waals surface area (Å²) >= 11 is 0. The Labute approximate surface area is 107 Å². The molecule has 18 heavy (non-hydrogen) atoms. The molecule has 0 aromatic heterocycles. The average Bonchev–Trinajstić information content (AvgIpc) is 2.90. The van der Waals surface area contributed by atoms with Gasteiger partial charge in [0.05, 0.1) is 13.2 Å². The van der Waals surface area contributed by atoms with Crippen molar-refractivity contribution in [3.63, 3.8) is 0 Å². The fourth-order valence-electron chi connectivity index (χ4n) is 2.78. The molecular weight excluding hydrogens is 233 g/mol. The van der Waals surface area contributed by atoms with Crippen LogP contribution in [0.25, 0.3) is 0 Å². The van der Waals surface area contributed by atoms with Crippen molar-refractivity contribution in [1.29, 1.82) is 0 Å². The molecule has 100 valence electrons. The van der Waals surface area contributed by atoms with Crippen molar-refractivity contribution in [2.24, 2.45) is 0 Å². The molecular formula is C14H20FNO2. The first kappa shape index (κ1) is 13.3. The van der Waals surface area contributed by atoms with Crippen LogP contribution in [0.1, 0.15) is 31.2 Å². The Morgan fingerprint density at radius 1 is 1.22 bits per heavy atom. The summed E-state index contributed by atoms with van der Waals surface area (Å²) in [5, 5.41) is 18.5. The minimum atomic E-state index is -0.335. The van der Waals surface area contributed by atoms with E-state index >= 15 is 0 Å². The van der Waals surface area contributed by atoms with Crippen molar-refractivity contribution in [3.05, 3.63) is 29.6 Å². The third-order valence-electron chi connectivity index (χ3n) is 3.63. The van der Waals surface area contributed by atoms with Crippen LogP contribution in [0, 0.1) is 5.82 Å². The van der Waals surface area contributed by atoms with Crippen LogP contribution in [-0.2, 0) is 6.61 Å². The number of aliphatic hydroxyl groups excluding tert-OH is 2. The van der Waals surface area contributed by atoms with Gasteiger partial charge in [-0.15, -0.1) is 0 Å². The van der Waals surface area contributed by atoms with Crippen LogP contribution in [0.5, 0.6) is 0 Å². The first-order valence-electron chi connectivity index (χ1n) is 6.53. The summed E-state index contributed by atoms with van der Waals surface area (Å²) in [6.45, 7) is 0.420. The molecule has 1 aromatic rings. The Balaban J connectivity index is 2.28. The van der Waals surface area contributed by atoms with Gasteiger partial charge in [0.25, 0.3) is 0 Å². The van der Waals surface area contributed by atoms with Crippen LogP contribution in [0.15, 0.2) is 18.2 Å². The molecule has 0 heterocycles. The first-order chi connectivity index (χ1) is 8.76. The predicted molar refractivity (Wildman–Crippen MR) is 69.0 cm³/mol. The number of hydrogen-bond donors (Lipinski definition) is 2. The normalized spacial score (nSPS) is 16.2. The van der Waals surface area contributed by atoms with Gasteiger partial charge in [-0.05, 0) is 31.0 Å². The zero-order chi connectivity index (χ0) is 13.0. The number of hydrogen-bond acceptors (Lipinski definition) is 3. The fourth-order valence-corrected chi connectivity index (χ4v) is 2.78. The van der Waals surface area contributed by atoms with Crippen LogP contribution >= 0.6 is 0 Å². The number of halogens is 1. The Morgan fingerprint density at radius 2 is 1.94 bits per heavy atom. The van der Waals surface area contributed by atoms with Crippen molar-refractivity contribution in [3.8, 4) is 0 Å². The SMILES string of the molecule is OCCN(c1ccc(F)cc1CO)C1CCCC1. The number of rotatable bonds is 5. The molecule has 1 aliphatic rings. The van der Waals surface area contributed by atoms with E-state index in [2.05, 4.69) is 4.90 Å². The van der Waals surface area contributed by atoms with Crippen LogP contribution in [0.3, 0.4) is 0 Å². The second kappa shape index (κ2) is 6.16. The van der Waals surface area contributed by atoms with E-state index < -0.39 is 0 Å². The van der Waals surface area contributed by atoms with E-state index in [1.54, 1.807) is 6.07 Å². The van der Waals surface area contributed by atoms with Gasteiger partial charge in [0.15, 0.2) is 0 Å². The van der Waals surface area contributed by atoms with E-state index in [0.717, 1.165) is 18.5 Å². The summed E-state index contributed by atoms with van der Waals surface area (Å²) in [5.41, 5.74) is 1.44. The average molecular weight is 253 g/mol. The number of aliphatic hydroxyl groups is 2. The van der Waals surface area contributed by atoms with Gasteiger partial charge in [0.2, 0.25) is 0 Å². The topological polar surface area (TPSA) is 43.7 Å². The summed E-state index contributed by atoms with van der Waals surface area (Å²) < 4.78 is 13.2. The molecule has 0 aliphatic heterocycles. The largest absolute Gasteiger partial charge is 0.395 e. The molecule has 1 aromatic carbocycles. The lowest BCUT2D eigenvalue weighted by molar-refractivity contribution is 0.279. The van der Waals surface area contributed by atoms with E-state index in [1.807, 2.05) is 0 Å². The fraction of sp³-hybridized carbons (Fsp3) is 0.571. The summed E-state index contributed by atoms with van der Waals surface area (Å²) in [6, 6.07) is 4.88. The molecule has 0 unspecified atom stereocenters. The Bertz CT molecular complexity index is 391. The lowest BCUT2D eigenvalue weighted by atomic mass is 10.1. The predicted octanol–water partition coefficient (Wildman–Crippen LogP) is 2.06. The van der Waals surface area contributed by atoms with Crippen molar-refractivity contribution in [1.82, 2.24) is 0 Å². The smallest absolute Gasteiger partial charge is 0.123 e. The minimum Gasteiger partial charge on any atom is -0.395 e.